The number of fused-ring (bicyclic) bond motifs is 1. The molecule has 0 radical (unpaired) electrons. The Kier molecular flexibility index (Phi) is 2.17. The topological polar surface area (TPSA) is 3.24 Å². The van der Waals surface area contributed by atoms with E-state index in [2.05, 4.69) is 39.8 Å². The summed E-state index contributed by atoms with van der Waals surface area (Å²) in [6.07, 6.45) is 2.99. The van der Waals surface area contributed by atoms with Crippen molar-refractivity contribution in [2.75, 3.05) is 6.54 Å². The fourth-order valence-electron chi connectivity index (χ4n) is 2.64. The molecule has 3 atom stereocenters. The lowest BCUT2D eigenvalue weighted by molar-refractivity contribution is 0.177. The van der Waals surface area contributed by atoms with E-state index in [-0.39, 0.29) is 0 Å². The Bertz CT molecular complexity index is 158. The molecule has 1 aliphatic carbocycles. The van der Waals surface area contributed by atoms with Crippen molar-refractivity contribution in [3.63, 3.8) is 0 Å². The van der Waals surface area contributed by atoms with E-state index in [9.17, 15) is 0 Å². The highest BCUT2D eigenvalue weighted by atomic mass is 127. The molecule has 0 aromatic rings. The fourth-order valence-corrected chi connectivity index (χ4v) is 4.20. The van der Waals surface area contributed by atoms with E-state index >= 15 is 0 Å². The molecule has 2 fully saturated rings. The predicted octanol–water partition coefficient (Wildman–Crippen LogP) is 2.70. The maximum atomic E-state index is 2.55. The summed E-state index contributed by atoms with van der Waals surface area (Å²) < 4.78 is 2.55. The summed E-state index contributed by atoms with van der Waals surface area (Å²) in [5.74, 6) is 2.95. The van der Waals surface area contributed by atoms with Gasteiger partial charge in [-0.25, -0.2) is 3.11 Å². The van der Waals surface area contributed by atoms with E-state index in [1.54, 1.807) is 0 Å². The number of halogens is 1. The zero-order chi connectivity index (χ0) is 8.01. The first-order valence-electron chi connectivity index (χ1n) is 4.62. The second-order valence-corrected chi connectivity index (χ2v) is 5.56. The van der Waals surface area contributed by atoms with Crippen LogP contribution in [0.25, 0.3) is 0 Å². The molecule has 0 N–H and O–H groups in total. The third kappa shape index (κ3) is 1.22. The summed E-state index contributed by atoms with van der Waals surface area (Å²) in [6, 6.07) is 0.884. The van der Waals surface area contributed by atoms with Gasteiger partial charge in [-0.1, -0.05) is 13.8 Å². The van der Waals surface area contributed by atoms with Gasteiger partial charge in [0, 0.05) is 35.5 Å². The standard InChI is InChI=1S/C9H16IN/c1-6(2)9-8-4-3-7(8)5-11(9)10/h6-9H,3-5H2,1-2H3. The predicted molar refractivity (Wildman–Crippen MR) is 55.6 cm³/mol. The molecule has 1 nitrogen and oxygen atoms in total. The third-order valence-corrected chi connectivity index (χ3v) is 4.37. The van der Waals surface area contributed by atoms with E-state index in [4.69, 9.17) is 0 Å². The van der Waals surface area contributed by atoms with Crippen LogP contribution >= 0.6 is 22.9 Å². The molecule has 0 aromatic carbocycles. The van der Waals surface area contributed by atoms with Crippen LogP contribution in [0.1, 0.15) is 26.7 Å². The number of hydrogen-bond acceptors (Lipinski definition) is 1. The largest absolute Gasteiger partial charge is 0.244 e. The Labute approximate surface area is 83.0 Å². The summed E-state index contributed by atoms with van der Waals surface area (Å²) in [6.45, 7) is 6.07. The molecule has 1 heterocycles. The van der Waals surface area contributed by atoms with Crippen molar-refractivity contribution < 1.29 is 0 Å². The minimum Gasteiger partial charge on any atom is -0.244 e. The summed E-state index contributed by atoms with van der Waals surface area (Å²) in [5, 5.41) is 0. The van der Waals surface area contributed by atoms with Crippen LogP contribution in [0.2, 0.25) is 0 Å². The Morgan fingerprint density at radius 1 is 1.36 bits per heavy atom. The lowest BCUT2D eigenvalue weighted by Crippen LogP contribution is -2.34. The number of hydrogen-bond donors (Lipinski definition) is 0. The van der Waals surface area contributed by atoms with Crippen molar-refractivity contribution in [1.29, 1.82) is 0 Å². The van der Waals surface area contributed by atoms with Crippen molar-refractivity contribution in [3.8, 4) is 0 Å². The maximum absolute atomic E-state index is 2.55. The van der Waals surface area contributed by atoms with Crippen LogP contribution in [0.15, 0.2) is 0 Å². The van der Waals surface area contributed by atoms with Crippen molar-refractivity contribution in [1.82, 2.24) is 3.11 Å². The molecule has 1 saturated carbocycles. The van der Waals surface area contributed by atoms with E-state index in [0.717, 1.165) is 23.8 Å². The molecule has 1 saturated heterocycles. The van der Waals surface area contributed by atoms with E-state index in [1.807, 2.05) is 0 Å². The minimum absolute atomic E-state index is 0.849. The Hall–Kier alpha value is 0.690. The average molecular weight is 265 g/mol. The molecule has 2 heteroatoms. The van der Waals surface area contributed by atoms with Gasteiger partial charge in [-0.3, -0.25) is 0 Å². The molecular weight excluding hydrogens is 249 g/mol. The van der Waals surface area contributed by atoms with Crippen LogP contribution in [-0.4, -0.2) is 15.7 Å². The molecule has 0 aromatic heterocycles. The SMILES string of the molecule is CC(C)C1C2CCC2CN1I. The zero-order valence-electron chi connectivity index (χ0n) is 7.26. The van der Waals surface area contributed by atoms with Crippen molar-refractivity contribution >= 4 is 22.9 Å². The summed E-state index contributed by atoms with van der Waals surface area (Å²) in [5.41, 5.74) is 0. The van der Waals surface area contributed by atoms with Crippen LogP contribution in [0.3, 0.4) is 0 Å². The first kappa shape index (κ1) is 8.30. The highest BCUT2D eigenvalue weighted by molar-refractivity contribution is 14.1. The second-order valence-electron chi connectivity index (χ2n) is 4.32. The van der Waals surface area contributed by atoms with Crippen molar-refractivity contribution in [3.05, 3.63) is 0 Å². The number of nitrogens with zero attached hydrogens (tertiary/aromatic N) is 1. The van der Waals surface area contributed by atoms with Gasteiger partial charge in [0.15, 0.2) is 0 Å². The Balaban J connectivity index is 2.07. The summed E-state index contributed by atoms with van der Waals surface area (Å²) >= 11 is 2.51. The lowest BCUT2D eigenvalue weighted by Gasteiger charge is -2.35. The van der Waals surface area contributed by atoms with Gasteiger partial charge in [-0.05, 0) is 30.6 Å². The van der Waals surface area contributed by atoms with Crippen LogP contribution in [-0.2, 0) is 0 Å². The van der Waals surface area contributed by atoms with Gasteiger partial charge in [0.2, 0.25) is 0 Å². The highest BCUT2D eigenvalue weighted by Gasteiger charge is 2.46. The molecule has 0 amide bonds. The molecule has 3 unspecified atom stereocenters. The minimum atomic E-state index is 0.849. The first-order chi connectivity index (χ1) is 5.20. The lowest BCUT2D eigenvalue weighted by atomic mass is 9.71. The zero-order valence-corrected chi connectivity index (χ0v) is 9.41. The fraction of sp³-hybridized carbons (Fsp3) is 1.00. The molecular formula is C9H16IN. The van der Waals surface area contributed by atoms with Crippen LogP contribution in [0, 0.1) is 17.8 Å². The van der Waals surface area contributed by atoms with Gasteiger partial charge in [-0.15, -0.1) is 0 Å². The van der Waals surface area contributed by atoms with Crippen molar-refractivity contribution in [2.45, 2.75) is 32.7 Å². The van der Waals surface area contributed by atoms with Crippen molar-refractivity contribution in [2.24, 2.45) is 17.8 Å². The molecule has 0 bridgehead atoms. The van der Waals surface area contributed by atoms with E-state index in [1.165, 1.54) is 19.4 Å². The smallest absolute Gasteiger partial charge is 0.0248 e. The average Bonchev–Trinajstić information content (AvgIpc) is 2.10. The second kappa shape index (κ2) is 2.87. The number of rotatable bonds is 1. The van der Waals surface area contributed by atoms with E-state index in [0.29, 0.717) is 0 Å². The summed E-state index contributed by atoms with van der Waals surface area (Å²) in [4.78, 5) is 0. The van der Waals surface area contributed by atoms with Crippen LogP contribution in [0.4, 0.5) is 0 Å². The molecule has 2 rings (SSSR count). The van der Waals surface area contributed by atoms with Gasteiger partial charge in [0.25, 0.3) is 0 Å². The van der Waals surface area contributed by atoms with Gasteiger partial charge in [-0.2, -0.15) is 0 Å². The van der Waals surface area contributed by atoms with Gasteiger partial charge >= 0.3 is 0 Å². The maximum Gasteiger partial charge on any atom is 0.0248 e. The molecule has 1 aliphatic heterocycles. The highest BCUT2D eigenvalue weighted by Crippen LogP contribution is 2.48. The third-order valence-electron chi connectivity index (χ3n) is 3.33. The molecule has 0 spiro atoms. The summed E-state index contributed by atoms with van der Waals surface area (Å²) in [7, 11) is 0. The van der Waals surface area contributed by atoms with E-state index < -0.39 is 0 Å². The molecule has 11 heavy (non-hydrogen) atoms. The quantitative estimate of drug-likeness (QED) is 0.520. The van der Waals surface area contributed by atoms with Crippen LogP contribution < -0.4 is 0 Å². The monoisotopic (exact) mass is 265 g/mol. The van der Waals surface area contributed by atoms with Gasteiger partial charge in [0.05, 0.1) is 0 Å². The molecule has 64 valence electrons. The molecule has 2 aliphatic rings. The van der Waals surface area contributed by atoms with Crippen LogP contribution in [0.5, 0.6) is 0 Å². The normalized spacial score (nSPS) is 44.2. The van der Waals surface area contributed by atoms with Gasteiger partial charge < -0.3 is 0 Å². The first-order valence-corrected chi connectivity index (χ1v) is 5.59. The Morgan fingerprint density at radius 2 is 2.09 bits per heavy atom. The Morgan fingerprint density at radius 3 is 2.36 bits per heavy atom. The van der Waals surface area contributed by atoms with Gasteiger partial charge in [0.1, 0.15) is 0 Å².